The van der Waals surface area contributed by atoms with Crippen LogP contribution in [0.15, 0.2) is 91.0 Å². The predicted octanol–water partition coefficient (Wildman–Crippen LogP) is 6.88. The first-order valence-corrected chi connectivity index (χ1v) is 11.2. The number of carboxylic acids is 1. The third kappa shape index (κ3) is 2.69. The fraction of sp³-hybridized carbons (Fsp3) is 0.167. The minimum atomic E-state index is -0.752. The van der Waals surface area contributed by atoms with E-state index in [-0.39, 0.29) is 24.2 Å². The second kappa shape index (κ2) is 7.20. The zero-order valence-corrected chi connectivity index (χ0v) is 17.7. The normalized spacial score (nSPS) is 23.6. The summed E-state index contributed by atoms with van der Waals surface area (Å²) in [6.07, 6.45) is 13.3. The van der Waals surface area contributed by atoms with E-state index in [9.17, 15) is 9.90 Å². The van der Waals surface area contributed by atoms with E-state index >= 15 is 0 Å². The number of hydrogen-bond donors (Lipinski definition) is 1. The second-order valence-corrected chi connectivity index (χ2v) is 9.08. The van der Waals surface area contributed by atoms with Crippen molar-refractivity contribution in [2.45, 2.75) is 24.2 Å². The lowest BCUT2D eigenvalue weighted by Crippen LogP contribution is -2.40. The topological polar surface area (TPSA) is 37.3 Å². The Balaban J connectivity index is 1.63. The maximum atomic E-state index is 12.5. The average molecular weight is 417 g/mol. The van der Waals surface area contributed by atoms with Gasteiger partial charge in [-0.25, -0.2) is 0 Å². The molecule has 0 aliphatic heterocycles. The molecule has 0 heterocycles. The second-order valence-electron chi connectivity index (χ2n) is 9.08. The van der Waals surface area contributed by atoms with Gasteiger partial charge in [-0.2, -0.15) is 0 Å². The number of allylic oxidation sites excluding steroid dienone is 3. The summed E-state index contributed by atoms with van der Waals surface area (Å²) in [5.74, 6) is -0.761. The number of rotatable bonds is 5. The van der Waals surface area contributed by atoms with Crippen molar-refractivity contribution in [2.75, 3.05) is 0 Å². The molecule has 0 saturated heterocycles. The Morgan fingerprint density at radius 1 is 0.625 bits per heavy atom. The van der Waals surface area contributed by atoms with Gasteiger partial charge in [-0.3, -0.25) is 4.79 Å². The zero-order chi connectivity index (χ0) is 21.7. The highest BCUT2D eigenvalue weighted by Crippen LogP contribution is 2.64. The molecule has 0 bridgehead atoms. The van der Waals surface area contributed by atoms with Crippen LogP contribution in [0.2, 0.25) is 0 Å². The third-order valence-electron chi connectivity index (χ3n) is 7.59. The van der Waals surface area contributed by atoms with E-state index in [0.717, 1.165) is 0 Å². The zero-order valence-electron chi connectivity index (χ0n) is 17.7. The molecular formula is C30H24O2. The van der Waals surface area contributed by atoms with Crippen LogP contribution in [0.5, 0.6) is 0 Å². The lowest BCUT2D eigenvalue weighted by molar-refractivity contribution is -0.140. The molecule has 0 spiro atoms. The van der Waals surface area contributed by atoms with Crippen LogP contribution in [0.4, 0.5) is 0 Å². The Kier molecular flexibility index (Phi) is 4.29. The van der Waals surface area contributed by atoms with Gasteiger partial charge in [-0.05, 0) is 33.4 Å². The molecule has 0 aromatic heterocycles. The Morgan fingerprint density at radius 2 is 0.969 bits per heavy atom. The van der Waals surface area contributed by atoms with Crippen LogP contribution in [0.3, 0.4) is 0 Å². The monoisotopic (exact) mass is 416 g/mol. The van der Waals surface area contributed by atoms with Crippen LogP contribution in [0, 0.1) is 5.41 Å². The maximum Gasteiger partial charge on any atom is 0.304 e. The lowest BCUT2D eigenvalue weighted by atomic mass is 9.54. The molecule has 1 N–H and O–H groups in total. The number of hydrogen-bond acceptors (Lipinski definition) is 1. The largest absolute Gasteiger partial charge is 0.481 e. The van der Waals surface area contributed by atoms with Crippen LogP contribution in [0.1, 0.15) is 57.6 Å². The average Bonchev–Trinajstić information content (AvgIpc) is 3.54. The van der Waals surface area contributed by atoms with Crippen molar-refractivity contribution in [1.82, 2.24) is 0 Å². The molecule has 3 aliphatic carbocycles. The molecule has 3 unspecified atom stereocenters. The molecule has 0 radical (unpaired) electrons. The lowest BCUT2D eigenvalue weighted by Gasteiger charge is -2.47. The molecule has 2 heteroatoms. The number of benzene rings is 3. The van der Waals surface area contributed by atoms with E-state index < -0.39 is 11.4 Å². The van der Waals surface area contributed by atoms with E-state index in [0.29, 0.717) is 0 Å². The fourth-order valence-corrected chi connectivity index (χ4v) is 6.33. The summed E-state index contributed by atoms with van der Waals surface area (Å²) in [6, 6.07) is 25.3. The van der Waals surface area contributed by atoms with Crippen LogP contribution in [0.25, 0.3) is 18.2 Å². The molecule has 32 heavy (non-hydrogen) atoms. The molecule has 0 fully saturated rings. The number of fused-ring (bicyclic) bond motifs is 3. The predicted molar refractivity (Wildman–Crippen MR) is 129 cm³/mol. The minimum Gasteiger partial charge on any atom is -0.481 e. The van der Waals surface area contributed by atoms with E-state index in [4.69, 9.17) is 0 Å². The van der Waals surface area contributed by atoms with E-state index in [1.807, 2.05) is 0 Å². The summed E-state index contributed by atoms with van der Waals surface area (Å²) in [7, 11) is 0. The van der Waals surface area contributed by atoms with Crippen molar-refractivity contribution in [3.05, 3.63) is 124 Å². The highest BCUT2D eigenvalue weighted by atomic mass is 16.4. The summed E-state index contributed by atoms with van der Waals surface area (Å²) >= 11 is 0. The number of carboxylic acid groups (broad SMARTS) is 1. The highest BCUT2D eigenvalue weighted by Gasteiger charge is 2.54. The summed E-state index contributed by atoms with van der Waals surface area (Å²) in [5, 5.41) is 10.3. The van der Waals surface area contributed by atoms with Crippen molar-refractivity contribution in [1.29, 1.82) is 0 Å². The third-order valence-corrected chi connectivity index (χ3v) is 7.59. The van der Waals surface area contributed by atoms with E-state index in [1.165, 1.54) is 33.4 Å². The first-order chi connectivity index (χ1) is 15.7. The van der Waals surface area contributed by atoms with Gasteiger partial charge in [-0.1, -0.05) is 109 Å². The quantitative estimate of drug-likeness (QED) is 0.492. The number of aliphatic carboxylic acids is 1. The molecule has 0 amide bonds. The Labute approximate surface area is 188 Å². The van der Waals surface area contributed by atoms with Crippen molar-refractivity contribution in [2.24, 2.45) is 5.41 Å². The van der Waals surface area contributed by atoms with Crippen LogP contribution < -0.4 is 0 Å². The van der Waals surface area contributed by atoms with Gasteiger partial charge >= 0.3 is 5.97 Å². The highest BCUT2D eigenvalue weighted by molar-refractivity contribution is 5.75. The Hall–Kier alpha value is -3.65. The van der Waals surface area contributed by atoms with Crippen molar-refractivity contribution < 1.29 is 9.90 Å². The fourth-order valence-electron chi connectivity index (χ4n) is 6.33. The number of carbonyl (C=O) groups is 1. The summed E-state index contributed by atoms with van der Waals surface area (Å²) in [6.45, 7) is 0. The molecule has 0 saturated carbocycles. The van der Waals surface area contributed by atoms with Crippen LogP contribution in [-0.2, 0) is 4.79 Å². The van der Waals surface area contributed by atoms with Crippen LogP contribution >= 0.6 is 0 Å². The summed E-state index contributed by atoms with van der Waals surface area (Å²) < 4.78 is 0. The molecule has 3 aliphatic rings. The van der Waals surface area contributed by atoms with Gasteiger partial charge in [0.25, 0.3) is 0 Å². The smallest absolute Gasteiger partial charge is 0.304 e. The van der Waals surface area contributed by atoms with Gasteiger partial charge in [0.2, 0.25) is 0 Å². The summed E-state index contributed by atoms with van der Waals surface area (Å²) in [5.41, 5.74) is 6.69. The van der Waals surface area contributed by atoms with E-state index in [2.05, 4.69) is 109 Å². The van der Waals surface area contributed by atoms with Gasteiger partial charge < -0.3 is 5.11 Å². The molecular weight excluding hydrogens is 392 g/mol. The molecule has 2 nitrogen and oxygen atoms in total. The van der Waals surface area contributed by atoms with E-state index in [1.54, 1.807) is 0 Å². The van der Waals surface area contributed by atoms with Crippen molar-refractivity contribution in [3.63, 3.8) is 0 Å². The standard InChI is InChI=1S/C30H24O2/c31-29(32)19-30(26-16-13-20-7-1-4-10-23(20)26,27-17-14-21-8-2-5-11-24(21)27)28-18-15-22-9-3-6-12-25(22)28/h1-18,26-28H,19H2,(H,31,32). The molecule has 3 aromatic rings. The van der Waals surface area contributed by atoms with Gasteiger partial charge in [0.05, 0.1) is 6.42 Å². The van der Waals surface area contributed by atoms with Crippen LogP contribution in [-0.4, -0.2) is 11.1 Å². The van der Waals surface area contributed by atoms with Crippen molar-refractivity contribution in [3.8, 4) is 0 Å². The summed E-state index contributed by atoms with van der Waals surface area (Å²) in [4.78, 5) is 12.5. The van der Waals surface area contributed by atoms with Crippen molar-refractivity contribution >= 4 is 24.2 Å². The first-order valence-electron chi connectivity index (χ1n) is 11.2. The minimum absolute atomic E-state index is 0.00332. The van der Waals surface area contributed by atoms with Gasteiger partial charge in [-0.15, -0.1) is 0 Å². The first kappa shape index (κ1) is 19.1. The van der Waals surface area contributed by atoms with Gasteiger partial charge in [0.15, 0.2) is 0 Å². The molecule has 156 valence electrons. The SMILES string of the molecule is O=C(O)CC(C1C=Cc2ccccc21)(C1C=Cc2ccccc21)C1C=Cc2ccccc21. The Morgan fingerprint density at radius 3 is 1.31 bits per heavy atom. The molecule has 3 atom stereocenters. The maximum absolute atomic E-state index is 12.5. The molecule has 6 rings (SSSR count). The molecule has 3 aromatic carbocycles. The van der Waals surface area contributed by atoms with Gasteiger partial charge in [0.1, 0.15) is 0 Å². The Bertz CT molecular complexity index is 1160. The van der Waals surface area contributed by atoms with Gasteiger partial charge in [0, 0.05) is 23.2 Å².